The Morgan fingerprint density at radius 1 is 1.00 bits per heavy atom. The molecule has 6 nitrogen and oxygen atoms in total. The zero-order chi connectivity index (χ0) is 16.1. The number of carbonyl (C=O) groups excluding carboxylic acids is 2. The van der Waals surface area contributed by atoms with Gasteiger partial charge in [0.15, 0.2) is 0 Å². The molecule has 124 valence electrons. The van der Waals surface area contributed by atoms with Crippen molar-refractivity contribution < 1.29 is 23.8 Å². The van der Waals surface area contributed by atoms with E-state index >= 15 is 0 Å². The molecule has 0 saturated carbocycles. The summed E-state index contributed by atoms with van der Waals surface area (Å²) in [5.74, 6) is -0.467. The number of rotatable bonds is 11. The molecule has 0 atom stereocenters. The molecule has 0 fully saturated rings. The van der Waals surface area contributed by atoms with Crippen LogP contribution < -0.4 is 5.32 Å². The smallest absolute Gasteiger partial charge is 0.306 e. The lowest BCUT2D eigenvalue weighted by molar-refractivity contribution is -0.155. The molecular formula is C15H29NO5. The summed E-state index contributed by atoms with van der Waals surface area (Å²) in [6.07, 6.45) is 2.02. The van der Waals surface area contributed by atoms with Gasteiger partial charge in [0.05, 0.1) is 19.6 Å². The number of methoxy groups -OCH3 is 1. The van der Waals surface area contributed by atoms with Crippen LogP contribution >= 0.6 is 0 Å². The molecule has 0 aliphatic carbocycles. The van der Waals surface area contributed by atoms with E-state index < -0.39 is 5.60 Å². The Hall–Kier alpha value is -1.14. The fourth-order valence-electron chi connectivity index (χ4n) is 1.50. The first-order chi connectivity index (χ1) is 9.85. The molecule has 0 aromatic carbocycles. The zero-order valence-electron chi connectivity index (χ0n) is 13.7. The van der Waals surface area contributed by atoms with Crippen molar-refractivity contribution in [3.8, 4) is 0 Å². The summed E-state index contributed by atoms with van der Waals surface area (Å²) in [6, 6.07) is 0. The number of hydrogen-bond donors (Lipinski definition) is 1. The molecule has 0 radical (unpaired) electrons. The van der Waals surface area contributed by atoms with Crippen molar-refractivity contribution in [2.24, 2.45) is 0 Å². The normalized spacial score (nSPS) is 11.2. The van der Waals surface area contributed by atoms with E-state index in [9.17, 15) is 9.59 Å². The Balaban J connectivity index is 3.44. The van der Waals surface area contributed by atoms with Gasteiger partial charge in [0.2, 0.25) is 5.91 Å². The third-order valence-electron chi connectivity index (χ3n) is 2.45. The molecule has 0 spiro atoms. The summed E-state index contributed by atoms with van der Waals surface area (Å²) in [4.78, 5) is 23.0. The van der Waals surface area contributed by atoms with E-state index in [2.05, 4.69) is 5.32 Å². The van der Waals surface area contributed by atoms with Crippen LogP contribution in [0.5, 0.6) is 0 Å². The first-order valence-electron chi connectivity index (χ1n) is 7.40. The molecule has 1 amide bonds. The predicted molar refractivity (Wildman–Crippen MR) is 80.0 cm³/mol. The monoisotopic (exact) mass is 303 g/mol. The lowest BCUT2D eigenvalue weighted by atomic mass is 10.2. The Labute approximate surface area is 127 Å². The van der Waals surface area contributed by atoms with Crippen LogP contribution in [-0.2, 0) is 23.8 Å². The highest BCUT2D eigenvalue weighted by Crippen LogP contribution is 2.08. The van der Waals surface area contributed by atoms with Crippen LogP contribution in [0.25, 0.3) is 0 Å². The molecule has 21 heavy (non-hydrogen) atoms. The number of amides is 1. The summed E-state index contributed by atoms with van der Waals surface area (Å²) in [5, 5.41) is 2.78. The minimum atomic E-state index is -0.504. The molecule has 0 aliphatic rings. The molecule has 1 N–H and O–H groups in total. The fourth-order valence-corrected chi connectivity index (χ4v) is 1.50. The fraction of sp³-hybridized carbons (Fsp3) is 0.867. The number of ether oxygens (including phenoxy) is 3. The zero-order valence-corrected chi connectivity index (χ0v) is 13.7. The first kappa shape index (κ1) is 19.9. The van der Waals surface area contributed by atoms with E-state index in [0.29, 0.717) is 26.4 Å². The van der Waals surface area contributed by atoms with Gasteiger partial charge >= 0.3 is 5.97 Å². The number of unbranched alkanes of at least 4 members (excludes halogenated alkanes) is 1. The van der Waals surface area contributed by atoms with Gasteiger partial charge < -0.3 is 19.5 Å². The van der Waals surface area contributed by atoms with Crippen LogP contribution in [-0.4, -0.2) is 51.0 Å². The predicted octanol–water partition coefficient (Wildman–Crippen LogP) is 1.67. The van der Waals surface area contributed by atoms with Crippen molar-refractivity contribution in [3.05, 3.63) is 0 Å². The van der Waals surface area contributed by atoms with Gasteiger partial charge in [-0.15, -0.1) is 0 Å². The third kappa shape index (κ3) is 15.1. The van der Waals surface area contributed by atoms with E-state index in [1.807, 2.05) is 0 Å². The molecule has 0 rings (SSSR count). The van der Waals surface area contributed by atoms with Crippen LogP contribution in [0.3, 0.4) is 0 Å². The maximum absolute atomic E-state index is 11.5. The van der Waals surface area contributed by atoms with Gasteiger partial charge in [-0.2, -0.15) is 0 Å². The van der Waals surface area contributed by atoms with E-state index in [0.717, 1.165) is 12.8 Å². The Morgan fingerprint density at radius 3 is 2.33 bits per heavy atom. The number of nitrogens with one attached hydrogen (secondary N) is 1. The maximum Gasteiger partial charge on any atom is 0.306 e. The Bertz CT molecular complexity index is 299. The van der Waals surface area contributed by atoms with Gasteiger partial charge in [0, 0.05) is 26.7 Å². The molecule has 0 aliphatic heterocycles. The summed E-state index contributed by atoms with van der Waals surface area (Å²) in [5.41, 5.74) is -0.504. The van der Waals surface area contributed by atoms with Crippen molar-refractivity contribution in [3.63, 3.8) is 0 Å². The molecule has 0 aromatic rings. The lowest BCUT2D eigenvalue weighted by Crippen LogP contribution is -2.27. The van der Waals surface area contributed by atoms with E-state index in [1.54, 1.807) is 27.9 Å². The highest BCUT2D eigenvalue weighted by Gasteiger charge is 2.16. The molecule has 0 unspecified atom stereocenters. The minimum Gasteiger partial charge on any atom is -0.460 e. The van der Waals surface area contributed by atoms with Gasteiger partial charge in [-0.25, -0.2) is 0 Å². The van der Waals surface area contributed by atoms with Crippen LogP contribution in [0.2, 0.25) is 0 Å². The Kier molecular flexibility index (Phi) is 10.9. The van der Waals surface area contributed by atoms with Crippen molar-refractivity contribution in [2.75, 3.05) is 33.5 Å². The number of hydrogen-bond acceptors (Lipinski definition) is 5. The minimum absolute atomic E-state index is 0.114. The van der Waals surface area contributed by atoms with E-state index in [1.165, 1.54) is 0 Å². The summed E-state index contributed by atoms with van der Waals surface area (Å²) >= 11 is 0. The standard InChI is InChI=1S/C15H29NO5/c1-15(2,3)21-14(18)8-7-13(17)16-9-5-6-10-20-12-11-19-4/h5-12H2,1-4H3,(H,16,17). The lowest BCUT2D eigenvalue weighted by Gasteiger charge is -2.19. The van der Waals surface area contributed by atoms with Crippen LogP contribution in [0.15, 0.2) is 0 Å². The summed E-state index contributed by atoms with van der Waals surface area (Å²) < 4.78 is 15.3. The SMILES string of the molecule is COCCOCCCCNC(=O)CCC(=O)OC(C)(C)C. The van der Waals surface area contributed by atoms with E-state index in [-0.39, 0.29) is 24.7 Å². The second-order valence-electron chi connectivity index (χ2n) is 5.75. The highest BCUT2D eigenvalue weighted by atomic mass is 16.6. The second kappa shape index (κ2) is 11.5. The van der Waals surface area contributed by atoms with Crippen LogP contribution in [0.1, 0.15) is 46.5 Å². The molecule has 6 heteroatoms. The Morgan fingerprint density at radius 2 is 1.71 bits per heavy atom. The average molecular weight is 303 g/mol. The van der Waals surface area contributed by atoms with E-state index in [4.69, 9.17) is 14.2 Å². The second-order valence-corrected chi connectivity index (χ2v) is 5.75. The van der Waals surface area contributed by atoms with Gasteiger partial charge in [0.25, 0.3) is 0 Å². The molecule has 0 heterocycles. The van der Waals surface area contributed by atoms with Gasteiger partial charge in [-0.05, 0) is 33.6 Å². The highest BCUT2D eigenvalue weighted by molar-refractivity contribution is 5.81. The molecule has 0 bridgehead atoms. The van der Waals surface area contributed by atoms with Crippen LogP contribution in [0, 0.1) is 0 Å². The van der Waals surface area contributed by atoms with Crippen molar-refractivity contribution >= 4 is 11.9 Å². The maximum atomic E-state index is 11.5. The third-order valence-corrected chi connectivity index (χ3v) is 2.45. The quantitative estimate of drug-likeness (QED) is 0.464. The largest absolute Gasteiger partial charge is 0.460 e. The van der Waals surface area contributed by atoms with Crippen molar-refractivity contribution in [2.45, 2.75) is 52.1 Å². The number of esters is 1. The van der Waals surface area contributed by atoms with Crippen molar-refractivity contribution in [1.29, 1.82) is 0 Å². The topological polar surface area (TPSA) is 73.9 Å². The van der Waals surface area contributed by atoms with Crippen molar-refractivity contribution in [1.82, 2.24) is 5.32 Å². The average Bonchev–Trinajstić information content (AvgIpc) is 2.37. The van der Waals surface area contributed by atoms with Gasteiger partial charge in [-0.1, -0.05) is 0 Å². The molecular weight excluding hydrogens is 274 g/mol. The first-order valence-corrected chi connectivity index (χ1v) is 7.40. The molecule has 0 saturated heterocycles. The molecule has 0 aromatic heterocycles. The van der Waals surface area contributed by atoms with Gasteiger partial charge in [-0.3, -0.25) is 9.59 Å². The van der Waals surface area contributed by atoms with Crippen LogP contribution in [0.4, 0.5) is 0 Å². The number of carbonyl (C=O) groups is 2. The summed E-state index contributed by atoms with van der Waals surface area (Å²) in [7, 11) is 1.64. The summed E-state index contributed by atoms with van der Waals surface area (Å²) in [6.45, 7) is 7.87. The van der Waals surface area contributed by atoms with Gasteiger partial charge in [0.1, 0.15) is 5.60 Å².